The van der Waals surface area contributed by atoms with Crippen molar-refractivity contribution in [2.24, 2.45) is 5.16 Å². The van der Waals surface area contributed by atoms with E-state index >= 15 is 0 Å². The molecule has 154 valence electrons. The van der Waals surface area contributed by atoms with Gasteiger partial charge in [0.05, 0.1) is 18.2 Å². The standard InChI is InChI=1S/C24H24FN3O2/c25-16-10-8-15(9-11-16)12-17-13-18(30-28-17)14-26-24(29)21-6-3-5-20-19-4-1-2-7-22(19)27-23(20)21/h1-2,4,7-11,18,21,27H,3,5-6,12-14H2,(H,26,29)/t18-,21-/m0/s1. The number of hydrogen-bond donors (Lipinski definition) is 2. The number of H-pyrrole nitrogens is 1. The summed E-state index contributed by atoms with van der Waals surface area (Å²) < 4.78 is 13.0. The minimum Gasteiger partial charge on any atom is -0.390 e. The molecule has 0 unspecified atom stereocenters. The lowest BCUT2D eigenvalue weighted by Crippen LogP contribution is -2.36. The van der Waals surface area contributed by atoms with Crippen LogP contribution in [0.5, 0.6) is 0 Å². The number of aromatic amines is 1. The number of fused-ring (bicyclic) bond motifs is 3. The average Bonchev–Trinajstić information content (AvgIpc) is 3.37. The highest BCUT2D eigenvalue weighted by Crippen LogP contribution is 2.36. The highest BCUT2D eigenvalue weighted by molar-refractivity contribution is 5.91. The van der Waals surface area contributed by atoms with Crippen LogP contribution in [0, 0.1) is 5.82 Å². The number of amides is 1. The third kappa shape index (κ3) is 3.70. The zero-order chi connectivity index (χ0) is 20.5. The number of para-hydroxylation sites is 1. The van der Waals surface area contributed by atoms with E-state index in [1.807, 2.05) is 12.1 Å². The summed E-state index contributed by atoms with van der Waals surface area (Å²) in [7, 11) is 0. The topological polar surface area (TPSA) is 66.5 Å². The summed E-state index contributed by atoms with van der Waals surface area (Å²) in [5.41, 5.74) is 5.34. The Bertz CT molecular complexity index is 1100. The van der Waals surface area contributed by atoms with Crippen molar-refractivity contribution in [2.45, 2.75) is 44.1 Å². The monoisotopic (exact) mass is 405 g/mol. The van der Waals surface area contributed by atoms with E-state index in [9.17, 15) is 9.18 Å². The SMILES string of the molecule is O=C(NC[C@@H]1CC(Cc2ccc(F)cc2)=NO1)[C@H]1CCCc2c1[nH]c1ccccc21. The lowest BCUT2D eigenvalue weighted by Gasteiger charge is -2.22. The molecular formula is C24H24FN3O2. The van der Waals surface area contributed by atoms with Gasteiger partial charge in [0.15, 0.2) is 0 Å². The van der Waals surface area contributed by atoms with Gasteiger partial charge in [-0.25, -0.2) is 4.39 Å². The Balaban J connectivity index is 1.18. The second-order valence-corrected chi connectivity index (χ2v) is 8.15. The fraction of sp³-hybridized carbons (Fsp3) is 0.333. The van der Waals surface area contributed by atoms with E-state index < -0.39 is 0 Å². The van der Waals surface area contributed by atoms with Gasteiger partial charge in [0.2, 0.25) is 5.91 Å². The molecule has 5 nitrogen and oxygen atoms in total. The predicted molar refractivity (Wildman–Crippen MR) is 114 cm³/mol. The van der Waals surface area contributed by atoms with E-state index in [0.717, 1.165) is 41.7 Å². The molecule has 0 fully saturated rings. The second-order valence-electron chi connectivity index (χ2n) is 8.15. The lowest BCUT2D eigenvalue weighted by atomic mass is 9.86. The molecule has 2 heterocycles. The van der Waals surface area contributed by atoms with E-state index in [4.69, 9.17) is 4.84 Å². The summed E-state index contributed by atoms with van der Waals surface area (Å²) in [4.78, 5) is 21.9. The van der Waals surface area contributed by atoms with Crippen LogP contribution in [-0.4, -0.2) is 29.3 Å². The number of aryl methyl sites for hydroxylation is 1. The number of rotatable bonds is 5. The van der Waals surface area contributed by atoms with Gasteiger partial charge in [-0.15, -0.1) is 0 Å². The molecule has 2 N–H and O–H groups in total. The largest absolute Gasteiger partial charge is 0.390 e. The van der Waals surface area contributed by atoms with Gasteiger partial charge in [0.25, 0.3) is 0 Å². The maximum absolute atomic E-state index is 13.0. The fourth-order valence-corrected chi connectivity index (χ4v) is 4.55. The molecule has 0 radical (unpaired) electrons. The molecule has 3 aromatic rings. The molecule has 6 heteroatoms. The highest BCUT2D eigenvalue weighted by atomic mass is 19.1. The van der Waals surface area contributed by atoms with E-state index in [1.54, 1.807) is 12.1 Å². The normalized spacial score (nSPS) is 20.5. The van der Waals surface area contributed by atoms with Crippen LogP contribution in [0.2, 0.25) is 0 Å². The molecule has 1 aromatic heterocycles. The van der Waals surface area contributed by atoms with Crippen LogP contribution in [0.1, 0.15) is 42.0 Å². The fourth-order valence-electron chi connectivity index (χ4n) is 4.55. The Labute approximate surface area is 174 Å². The van der Waals surface area contributed by atoms with Crippen LogP contribution in [-0.2, 0) is 22.5 Å². The van der Waals surface area contributed by atoms with Gasteiger partial charge in [-0.2, -0.15) is 0 Å². The third-order valence-corrected chi connectivity index (χ3v) is 6.05. The third-order valence-electron chi connectivity index (χ3n) is 6.05. The van der Waals surface area contributed by atoms with Crippen LogP contribution >= 0.6 is 0 Å². The number of carbonyl (C=O) groups is 1. The molecule has 1 aliphatic heterocycles. The lowest BCUT2D eigenvalue weighted by molar-refractivity contribution is -0.123. The quantitative estimate of drug-likeness (QED) is 0.667. The van der Waals surface area contributed by atoms with Gasteiger partial charge in [0.1, 0.15) is 11.9 Å². The molecule has 0 bridgehead atoms. The summed E-state index contributed by atoms with van der Waals surface area (Å²) in [6.45, 7) is 0.432. The number of hydrogen-bond acceptors (Lipinski definition) is 3. The van der Waals surface area contributed by atoms with Gasteiger partial charge in [-0.3, -0.25) is 4.79 Å². The Morgan fingerprint density at radius 1 is 1.20 bits per heavy atom. The van der Waals surface area contributed by atoms with Gasteiger partial charge >= 0.3 is 0 Å². The zero-order valence-electron chi connectivity index (χ0n) is 16.7. The Morgan fingerprint density at radius 2 is 2.03 bits per heavy atom. The van der Waals surface area contributed by atoms with Gasteiger partial charge < -0.3 is 15.1 Å². The molecule has 0 saturated carbocycles. The Morgan fingerprint density at radius 3 is 2.90 bits per heavy atom. The van der Waals surface area contributed by atoms with Crippen molar-refractivity contribution in [3.05, 3.63) is 71.2 Å². The summed E-state index contributed by atoms with van der Waals surface area (Å²) in [6.07, 6.45) is 4.01. The number of nitrogens with one attached hydrogen (secondary N) is 2. The minimum absolute atomic E-state index is 0.0399. The van der Waals surface area contributed by atoms with Crippen molar-refractivity contribution >= 4 is 22.5 Å². The van der Waals surface area contributed by atoms with Gasteiger partial charge in [-0.1, -0.05) is 35.5 Å². The minimum atomic E-state index is -0.246. The van der Waals surface area contributed by atoms with E-state index in [1.165, 1.54) is 23.1 Å². The van der Waals surface area contributed by atoms with Crippen molar-refractivity contribution in [3.8, 4) is 0 Å². The van der Waals surface area contributed by atoms with Gasteiger partial charge in [-0.05, 0) is 48.6 Å². The molecule has 2 atom stereocenters. The van der Waals surface area contributed by atoms with Crippen molar-refractivity contribution < 1.29 is 14.0 Å². The number of benzene rings is 2. The van der Waals surface area contributed by atoms with Crippen molar-refractivity contribution in [1.82, 2.24) is 10.3 Å². The Kier molecular flexibility index (Phi) is 4.99. The number of nitrogens with zero attached hydrogens (tertiary/aromatic N) is 1. The molecule has 5 rings (SSSR count). The van der Waals surface area contributed by atoms with E-state index in [-0.39, 0.29) is 23.7 Å². The van der Waals surface area contributed by atoms with Crippen molar-refractivity contribution in [2.75, 3.05) is 6.54 Å². The zero-order valence-corrected chi connectivity index (χ0v) is 16.7. The van der Waals surface area contributed by atoms with Gasteiger partial charge in [0, 0.05) is 29.4 Å². The molecule has 2 aromatic carbocycles. The number of halogens is 1. The molecule has 2 aliphatic rings. The molecule has 0 spiro atoms. The summed E-state index contributed by atoms with van der Waals surface area (Å²) >= 11 is 0. The van der Waals surface area contributed by atoms with Crippen molar-refractivity contribution in [1.29, 1.82) is 0 Å². The first-order valence-electron chi connectivity index (χ1n) is 10.5. The maximum atomic E-state index is 13.0. The van der Waals surface area contributed by atoms with Crippen LogP contribution in [0.4, 0.5) is 4.39 Å². The molecule has 1 amide bonds. The van der Waals surface area contributed by atoms with Crippen molar-refractivity contribution in [3.63, 3.8) is 0 Å². The summed E-state index contributed by atoms with van der Waals surface area (Å²) in [5.74, 6) is -0.356. The first kappa shape index (κ1) is 18.9. The summed E-state index contributed by atoms with van der Waals surface area (Å²) in [6, 6.07) is 14.7. The number of aromatic nitrogens is 1. The van der Waals surface area contributed by atoms with E-state index in [0.29, 0.717) is 19.4 Å². The molecule has 1 aliphatic carbocycles. The van der Waals surface area contributed by atoms with Crippen LogP contribution in [0.15, 0.2) is 53.7 Å². The summed E-state index contributed by atoms with van der Waals surface area (Å²) in [5, 5.41) is 8.45. The van der Waals surface area contributed by atoms with Crippen LogP contribution in [0.25, 0.3) is 10.9 Å². The molecule has 0 saturated heterocycles. The smallest absolute Gasteiger partial charge is 0.229 e. The number of carbonyl (C=O) groups excluding carboxylic acids is 1. The maximum Gasteiger partial charge on any atom is 0.229 e. The Hall–Kier alpha value is -3.15. The average molecular weight is 405 g/mol. The molecular weight excluding hydrogens is 381 g/mol. The second kappa shape index (κ2) is 7.94. The predicted octanol–water partition coefficient (Wildman–Crippen LogP) is 4.23. The number of oxime groups is 1. The molecule has 30 heavy (non-hydrogen) atoms. The van der Waals surface area contributed by atoms with Crippen LogP contribution in [0.3, 0.4) is 0 Å². The highest BCUT2D eigenvalue weighted by Gasteiger charge is 2.30. The first-order chi connectivity index (χ1) is 14.7. The van der Waals surface area contributed by atoms with E-state index in [2.05, 4.69) is 27.6 Å². The van der Waals surface area contributed by atoms with Crippen LogP contribution < -0.4 is 5.32 Å². The first-order valence-corrected chi connectivity index (χ1v) is 10.5.